The summed E-state index contributed by atoms with van der Waals surface area (Å²) < 4.78 is 42.5. The first-order chi connectivity index (χ1) is 14.8. The third-order valence-electron chi connectivity index (χ3n) is 5.03. The topological polar surface area (TPSA) is 86.7 Å². The zero-order valence-electron chi connectivity index (χ0n) is 16.2. The third kappa shape index (κ3) is 4.22. The van der Waals surface area contributed by atoms with E-state index < -0.39 is 26.5 Å². The molecule has 2 N–H and O–H groups in total. The minimum Gasteiger partial charge on any atom is -0.504 e. The van der Waals surface area contributed by atoms with Crippen molar-refractivity contribution in [3.05, 3.63) is 77.1 Å². The monoisotopic (exact) mass is 460 g/mol. The number of halogens is 2. The fraction of sp³-hybridized carbons (Fsp3) is 0.136. The van der Waals surface area contributed by atoms with Crippen molar-refractivity contribution in [2.24, 2.45) is 0 Å². The number of hydrogen-bond acceptors (Lipinski definition) is 4. The average Bonchev–Trinajstić information content (AvgIpc) is 2.70. The molecule has 1 saturated heterocycles. The second kappa shape index (κ2) is 8.20. The van der Waals surface area contributed by atoms with Crippen molar-refractivity contribution in [2.45, 2.75) is 11.3 Å². The summed E-state index contributed by atoms with van der Waals surface area (Å²) in [6.45, 7) is 1.19. The highest BCUT2D eigenvalue weighted by molar-refractivity contribution is 7.92. The fourth-order valence-electron chi connectivity index (χ4n) is 3.22. The van der Waals surface area contributed by atoms with Crippen LogP contribution in [0.3, 0.4) is 0 Å². The molecule has 1 amide bonds. The number of phenols is 1. The Kier molecular flexibility index (Phi) is 5.60. The summed E-state index contributed by atoms with van der Waals surface area (Å²) in [6, 6.07) is 15.1. The Labute approximate surface area is 183 Å². The SMILES string of the molecule is O=C(c1cc(Cl)c(O)c(NS(=O)(=O)c2cc(-c3ccccc3)ccc2F)c1)N1CCC1. The van der Waals surface area contributed by atoms with Crippen molar-refractivity contribution in [2.75, 3.05) is 17.8 Å². The van der Waals surface area contributed by atoms with E-state index in [1.54, 1.807) is 29.2 Å². The van der Waals surface area contributed by atoms with Crippen LogP contribution < -0.4 is 4.72 Å². The van der Waals surface area contributed by atoms with Crippen LogP contribution in [0.1, 0.15) is 16.8 Å². The van der Waals surface area contributed by atoms with E-state index in [4.69, 9.17) is 11.6 Å². The molecule has 0 bridgehead atoms. The Hall–Kier alpha value is -3.10. The van der Waals surface area contributed by atoms with Crippen molar-refractivity contribution in [1.29, 1.82) is 0 Å². The second-order valence-electron chi connectivity index (χ2n) is 7.12. The molecule has 160 valence electrons. The molecular formula is C22H18ClFN2O4S. The molecule has 1 heterocycles. The minimum atomic E-state index is -4.44. The number of phenolic OH excluding ortho intramolecular Hbond substituents is 1. The van der Waals surface area contributed by atoms with Gasteiger partial charge in [0.2, 0.25) is 0 Å². The maximum atomic E-state index is 14.5. The number of sulfonamides is 1. The summed E-state index contributed by atoms with van der Waals surface area (Å²) >= 11 is 6.01. The van der Waals surface area contributed by atoms with Crippen LogP contribution in [0.15, 0.2) is 65.6 Å². The van der Waals surface area contributed by atoms with Gasteiger partial charge in [0, 0.05) is 18.7 Å². The van der Waals surface area contributed by atoms with Crippen molar-refractivity contribution >= 4 is 33.2 Å². The van der Waals surface area contributed by atoms with E-state index in [0.29, 0.717) is 24.2 Å². The Morgan fingerprint density at radius 3 is 2.39 bits per heavy atom. The lowest BCUT2D eigenvalue weighted by Gasteiger charge is -2.31. The van der Waals surface area contributed by atoms with Crippen LogP contribution in [-0.4, -0.2) is 37.4 Å². The van der Waals surface area contributed by atoms with Crippen molar-refractivity contribution in [3.63, 3.8) is 0 Å². The molecule has 0 atom stereocenters. The van der Waals surface area contributed by atoms with Gasteiger partial charge in [-0.2, -0.15) is 0 Å². The summed E-state index contributed by atoms with van der Waals surface area (Å²) in [4.78, 5) is 13.5. The Morgan fingerprint density at radius 1 is 1.03 bits per heavy atom. The molecular weight excluding hydrogens is 443 g/mol. The van der Waals surface area contributed by atoms with Crippen LogP contribution in [0.25, 0.3) is 11.1 Å². The maximum Gasteiger partial charge on any atom is 0.264 e. The van der Waals surface area contributed by atoms with Crippen LogP contribution in [-0.2, 0) is 10.0 Å². The standard InChI is InChI=1S/C22H18ClFN2O4S/c23-17-11-16(22(28)26-9-4-10-26)12-19(21(17)27)25-31(29,30)20-13-15(7-8-18(20)24)14-5-2-1-3-6-14/h1-3,5-8,11-13,25,27H,4,9-10H2. The van der Waals surface area contributed by atoms with Crippen LogP contribution in [0.4, 0.5) is 10.1 Å². The lowest BCUT2D eigenvalue weighted by molar-refractivity contribution is 0.0652. The van der Waals surface area contributed by atoms with Crippen molar-refractivity contribution in [3.8, 4) is 16.9 Å². The first kappa shape index (κ1) is 21.1. The van der Waals surface area contributed by atoms with E-state index in [-0.39, 0.29) is 22.2 Å². The predicted molar refractivity (Wildman–Crippen MR) is 116 cm³/mol. The molecule has 1 aliphatic rings. The van der Waals surface area contributed by atoms with Crippen LogP contribution >= 0.6 is 11.6 Å². The zero-order chi connectivity index (χ0) is 22.2. The van der Waals surface area contributed by atoms with Gasteiger partial charge >= 0.3 is 0 Å². The van der Waals surface area contributed by atoms with Gasteiger partial charge in [-0.15, -0.1) is 0 Å². The van der Waals surface area contributed by atoms with E-state index in [9.17, 15) is 22.7 Å². The normalized spacial score (nSPS) is 13.5. The Morgan fingerprint density at radius 2 is 1.74 bits per heavy atom. The third-order valence-corrected chi connectivity index (χ3v) is 6.69. The number of aromatic hydroxyl groups is 1. The van der Waals surface area contributed by atoms with Gasteiger partial charge in [-0.1, -0.05) is 48.0 Å². The number of carbonyl (C=O) groups excluding carboxylic acids is 1. The molecule has 3 aromatic rings. The number of likely N-dealkylation sites (tertiary alicyclic amines) is 1. The van der Waals surface area contributed by atoms with Crippen molar-refractivity contribution in [1.82, 2.24) is 4.90 Å². The second-order valence-corrected chi connectivity index (χ2v) is 9.17. The highest BCUT2D eigenvalue weighted by Crippen LogP contribution is 2.36. The summed E-state index contributed by atoms with van der Waals surface area (Å²) in [5.41, 5.74) is 1.04. The smallest absolute Gasteiger partial charge is 0.264 e. The molecule has 0 spiro atoms. The molecule has 31 heavy (non-hydrogen) atoms. The lowest BCUT2D eigenvalue weighted by atomic mass is 10.1. The first-order valence-electron chi connectivity index (χ1n) is 9.46. The van der Waals surface area contributed by atoms with Gasteiger partial charge in [0.1, 0.15) is 10.7 Å². The predicted octanol–water partition coefficient (Wildman–Crippen LogP) is 4.50. The summed E-state index contributed by atoms with van der Waals surface area (Å²) in [7, 11) is -4.44. The largest absolute Gasteiger partial charge is 0.504 e. The quantitative estimate of drug-likeness (QED) is 0.549. The molecule has 0 saturated carbocycles. The van der Waals surface area contributed by atoms with Gasteiger partial charge in [0.25, 0.3) is 15.9 Å². The molecule has 6 nitrogen and oxygen atoms in total. The van der Waals surface area contributed by atoms with E-state index in [0.717, 1.165) is 12.5 Å². The lowest BCUT2D eigenvalue weighted by Crippen LogP contribution is -2.42. The van der Waals surface area contributed by atoms with Crippen LogP contribution in [0.2, 0.25) is 5.02 Å². The Balaban J connectivity index is 1.71. The highest BCUT2D eigenvalue weighted by atomic mass is 35.5. The van der Waals surface area contributed by atoms with E-state index in [1.165, 1.54) is 24.3 Å². The summed E-state index contributed by atoms with van der Waals surface area (Å²) in [5.74, 6) is -1.83. The molecule has 0 aromatic heterocycles. The number of carbonyl (C=O) groups is 1. The van der Waals surface area contributed by atoms with Gasteiger partial charge < -0.3 is 10.0 Å². The number of nitrogens with one attached hydrogen (secondary N) is 1. The van der Waals surface area contributed by atoms with E-state index >= 15 is 0 Å². The number of amides is 1. The Bertz CT molecular complexity index is 1260. The van der Waals surface area contributed by atoms with Crippen molar-refractivity contribution < 1.29 is 22.7 Å². The fourth-order valence-corrected chi connectivity index (χ4v) is 4.60. The number of rotatable bonds is 5. The summed E-state index contributed by atoms with van der Waals surface area (Å²) in [5, 5.41) is 10.1. The number of nitrogens with zero attached hydrogens (tertiary/aromatic N) is 1. The van der Waals surface area contributed by atoms with Gasteiger partial charge in [0.05, 0.1) is 10.7 Å². The first-order valence-corrected chi connectivity index (χ1v) is 11.3. The maximum absolute atomic E-state index is 14.5. The van der Waals surface area contributed by atoms with Crippen LogP contribution in [0, 0.1) is 5.82 Å². The van der Waals surface area contributed by atoms with Gasteiger partial charge in [0.15, 0.2) is 5.75 Å². The molecule has 4 rings (SSSR count). The zero-order valence-corrected chi connectivity index (χ0v) is 17.8. The number of benzene rings is 3. The molecule has 0 unspecified atom stereocenters. The molecule has 1 aliphatic heterocycles. The minimum absolute atomic E-state index is 0.124. The van der Waals surface area contributed by atoms with E-state index in [1.807, 2.05) is 6.07 Å². The average molecular weight is 461 g/mol. The van der Waals surface area contributed by atoms with Gasteiger partial charge in [-0.25, -0.2) is 12.8 Å². The summed E-state index contributed by atoms with van der Waals surface area (Å²) in [6.07, 6.45) is 0.883. The van der Waals surface area contributed by atoms with Gasteiger partial charge in [-0.3, -0.25) is 9.52 Å². The van der Waals surface area contributed by atoms with Gasteiger partial charge in [-0.05, 0) is 41.8 Å². The van der Waals surface area contributed by atoms with Crippen LogP contribution in [0.5, 0.6) is 5.75 Å². The van der Waals surface area contributed by atoms with E-state index in [2.05, 4.69) is 4.72 Å². The highest BCUT2D eigenvalue weighted by Gasteiger charge is 2.26. The number of anilines is 1. The molecule has 9 heteroatoms. The molecule has 3 aromatic carbocycles. The number of hydrogen-bond donors (Lipinski definition) is 2. The molecule has 0 radical (unpaired) electrons. The molecule has 1 fully saturated rings. The molecule has 0 aliphatic carbocycles.